The number of fused-ring (bicyclic) bond motifs is 2. The lowest BCUT2D eigenvalue weighted by molar-refractivity contribution is 0.0995. The van der Waals surface area contributed by atoms with Crippen molar-refractivity contribution in [2.45, 2.75) is 32.6 Å². The van der Waals surface area contributed by atoms with E-state index in [0.717, 1.165) is 39.1 Å². The first kappa shape index (κ1) is 18.2. The maximum Gasteiger partial charge on any atom is 0.168 e. The number of aromatic hydroxyl groups is 1. The van der Waals surface area contributed by atoms with Gasteiger partial charge in [-0.3, -0.25) is 4.79 Å². The van der Waals surface area contributed by atoms with Crippen molar-refractivity contribution in [3.05, 3.63) is 89.5 Å². The Morgan fingerprint density at radius 3 is 2.11 bits per heavy atom. The largest absolute Gasteiger partial charge is 0.508 e. The van der Waals surface area contributed by atoms with Gasteiger partial charge in [-0.2, -0.15) is 0 Å². The summed E-state index contributed by atoms with van der Waals surface area (Å²) < 4.78 is 0. The molecule has 0 aromatic heterocycles. The van der Waals surface area contributed by atoms with Gasteiger partial charge in [-0.25, -0.2) is 0 Å². The lowest BCUT2D eigenvalue weighted by Crippen LogP contribution is -2.06. The Labute approximate surface area is 165 Å². The lowest BCUT2D eigenvalue weighted by Gasteiger charge is -2.14. The van der Waals surface area contributed by atoms with Crippen molar-refractivity contribution in [3.63, 3.8) is 0 Å². The molecule has 1 unspecified atom stereocenters. The first-order chi connectivity index (χ1) is 13.6. The van der Waals surface area contributed by atoms with Gasteiger partial charge in [0.2, 0.25) is 0 Å². The zero-order valence-electron chi connectivity index (χ0n) is 16.3. The number of carbonyl (C=O) groups is 1. The third-order valence-electron chi connectivity index (χ3n) is 5.69. The minimum absolute atomic E-state index is 0.0320. The predicted molar refractivity (Wildman–Crippen MR) is 116 cm³/mol. The quantitative estimate of drug-likeness (QED) is 0.317. The number of hydrogen-bond acceptors (Lipinski definition) is 2. The highest BCUT2D eigenvalue weighted by Crippen LogP contribution is 2.31. The third-order valence-corrected chi connectivity index (χ3v) is 5.69. The molecule has 2 heteroatoms. The summed E-state index contributed by atoms with van der Waals surface area (Å²) in [6.07, 6.45) is 1.21. The second kappa shape index (κ2) is 7.47. The number of Topliss-reactive ketones (excluding diaryl/α,β-unsaturated/α-hetero) is 1. The molecule has 0 fully saturated rings. The molecule has 0 aliphatic carbocycles. The van der Waals surface area contributed by atoms with Crippen LogP contribution in [0.15, 0.2) is 72.8 Å². The monoisotopic (exact) mass is 368 g/mol. The van der Waals surface area contributed by atoms with Crippen LogP contribution in [0.25, 0.3) is 21.5 Å². The van der Waals surface area contributed by atoms with E-state index in [1.54, 1.807) is 6.07 Å². The summed E-state index contributed by atoms with van der Waals surface area (Å²) in [7, 11) is 0. The summed E-state index contributed by atoms with van der Waals surface area (Å²) in [5, 5.41) is 14.4. The molecule has 2 nitrogen and oxygen atoms in total. The average molecular weight is 368 g/mol. The first-order valence-electron chi connectivity index (χ1n) is 9.84. The maximum atomic E-state index is 13.4. The second-order valence-electron chi connectivity index (χ2n) is 7.49. The van der Waals surface area contributed by atoms with E-state index in [1.807, 2.05) is 60.7 Å². The van der Waals surface area contributed by atoms with E-state index in [1.165, 1.54) is 0 Å². The molecule has 0 radical (unpaired) electrons. The van der Waals surface area contributed by atoms with Gasteiger partial charge in [0, 0.05) is 17.5 Å². The van der Waals surface area contributed by atoms with Crippen molar-refractivity contribution in [2.24, 2.45) is 0 Å². The average Bonchev–Trinajstić information content (AvgIpc) is 2.72. The zero-order chi connectivity index (χ0) is 19.7. The van der Waals surface area contributed by atoms with Crippen molar-refractivity contribution in [1.82, 2.24) is 0 Å². The highest BCUT2D eigenvalue weighted by molar-refractivity contribution is 6.19. The summed E-state index contributed by atoms with van der Waals surface area (Å²) in [6, 6.07) is 23.8. The van der Waals surface area contributed by atoms with Crippen LogP contribution in [-0.4, -0.2) is 10.9 Å². The summed E-state index contributed by atoms with van der Waals surface area (Å²) in [5.74, 6) is 0.613. The molecule has 0 bridgehead atoms. The molecule has 4 aromatic carbocycles. The molecule has 28 heavy (non-hydrogen) atoms. The molecule has 0 amide bonds. The van der Waals surface area contributed by atoms with Crippen molar-refractivity contribution < 1.29 is 9.90 Å². The number of hydrogen-bond donors (Lipinski definition) is 1. The molecule has 1 atom stereocenters. The fraction of sp³-hybridized carbons (Fsp3) is 0.192. The highest BCUT2D eigenvalue weighted by atomic mass is 16.3. The molecule has 0 aliphatic heterocycles. The van der Waals surface area contributed by atoms with E-state index in [-0.39, 0.29) is 18.0 Å². The van der Waals surface area contributed by atoms with Gasteiger partial charge in [0.05, 0.1) is 0 Å². The van der Waals surface area contributed by atoms with Gasteiger partial charge >= 0.3 is 0 Å². The normalized spacial score (nSPS) is 12.4. The summed E-state index contributed by atoms with van der Waals surface area (Å²) in [4.78, 5) is 13.4. The van der Waals surface area contributed by atoms with Crippen LogP contribution in [0, 0.1) is 0 Å². The standard InChI is InChI=1S/C26H24O2/c1-3-17(2)18-12-13-24(27)21(14-18)16-25(28)26-22-10-6-4-8-19(22)15-20-9-5-7-11-23(20)26/h4-15,17,27H,3,16H2,1-2H3. The summed E-state index contributed by atoms with van der Waals surface area (Å²) in [5.41, 5.74) is 2.59. The van der Waals surface area contributed by atoms with Crippen molar-refractivity contribution in [2.75, 3.05) is 0 Å². The van der Waals surface area contributed by atoms with Gasteiger partial charge in [-0.1, -0.05) is 74.5 Å². The van der Waals surface area contributed by atoms with Gasteiger partial charge < -0.3 is 5.11 Å². The van der Waals surface area contributed by atoms with E-state index in [9.17, 15) is 9.90 Å². The number of phenols is 1. The summed E-state index contributed by atoms with van der Waals surface area (Å²) in [6.45, 7) is 4.31. The number of phenolic OH excluding ortho intramolecular Hbond substituents is 1. The molecule has 140 valence electrons. The van der Waals surface area contributed by atoms with Crippen LogP contribution in [0.4, 0.5) is 0 Å². The van der Waals surface area contributed by atoms with Crippen LogP contribution in [0.5, 0.6) is 5.75 Å². The molecular weight excluding hydrogens is 344 g/mol. The Balaban J connectivity index is 1.83. The second-order valence-corrected chi connectivity index (χ2v) is 7.49. The Morgan fingerprint density at radius 1 is 0.893 bits per heavy atom. The third kappa shape index (κ3) is 3.27. The Morgan fingerprint density at radius 2 is 1.50 bits per heavy atom. The Kier molecular flexibility index (Phi) is 4.87. The van der Waals surface area contributed by atoms with Crippen LogP contribution in [0.2, 0.25) is 0 Å². The fourth-order valence-corrected chi connectivity index (χ4v) is 3.86. The summed E-state index contributed by atoms with van der Waals surface area (Å²) >= 11 is 0. The molecule has 0 saturated carbocycles. The van der Waals surface area contributed by atoms with E-state index in [0.29, 0.717) is 11.5 Å². The molecule has 4 aromatic rings. The Hall–Kier alpha value is -3.13. The van der Waals surface area contributed by atoms with E-state index in [4.69, 9.17) is 0 Å². The van der Waals surface area contributed by atoms with Crippen molar-refractivity contribution in [3.8, 4) is 5.75 Å². The number of rotatable bonds is 5. The van der Waals surface area contributed by atoms with E-state index in [2.05, 4.69) is 19.9 Å². The fourth-order valence-electron chi connectivity index (χ4n) is 3.86. The van der Waals surface area contributed by atoms with Gasteiger partial charge in [0.1, 0.15) is 5.75 Å². The number of benzene rings is 4. The van der Waals surface area contributed by atoms with Crippen LogP contribution in [0.3, 0.4) is 0 Å². The molecule has 0 saturated heterocycles. The molecule has 4 rings (SSSR count). The van der Waals surface area contributed by atoms with Gasteiger partial charge in [0.25, 0.3) is 0 Å². The molecule has 0 spiro atoms. The molecular formula is C26H24O2. The first-order valence-corrected chi connectivity index (χ1v) is 9.84. The SMILES string of the molecule is CCC(C)c1ccc(O)c(CC(=O)c2c3ccccc3cc3ccccc23)c1. The van der Waals surface area contributed by atoms with Gasteiger partial charge in [-0.15, -0.1) is 0 Å². The molecule has 1 N–H and O–H groups in total. The maximum absolute atomic E-state index is 13.4. The van der Waals surface area contributed by atoms with Crippen LogP contribution in [-0.2, 0) is 6.42 Å². The minimum Gasteiger partial charge on any atom is -0.508 e. The van der Waals surface area contributed by atoms with E-state index < -0.39 is 0 Å². The zero-order valence-corrected chi connectivity index (χ0v) is 16.3. The van der Waals surface area contributed by atoms with Crippen LogP contribution >= 0.6 is 0 Å². The topological polar surface area (TPSA) is 37.3 Å². The van der Waals surface area contributed by atoms with E-state index >= 15 is 0 Å². The molecule has 0 heterocycles. The lowest BCUT2D eigenvalue weighted by atomic mass is 9.90. The van der Waals surface area contributed by atoms with Gasteiger partial charge in [-0.05, 0) is 51.6 Å². The predicted octanol–water partition coefficient (Wildman–Crippen LogP) is 6.64. The van der Waals surface area contributed by atoms with Crippen LogP contribution in [0.1, 0.15) is 47.7 Å². The van der Waals surface area contributed by atoms with Gasteiger partial charge in [0.15, 0.2) is 5.78 Å². The molecule has 0 aliphatic rings. The number of carbonyl (C=O) groups excluding carboxylic acids is 1. The highest BCUT2D eigenvalue weighted by Gasteiger charge is 2.17. The minimum atomic E-state index is 0.0320. The smallest absolute Gasteiger partial charge is 0.168 e. The Bertz CT molecular complexity index is 1120. The number of ketones is 1. The van der Waals surface area contributed by atoms with Crippen molar-refractivity contribution in [1.29, 1.82) is 0 Å². The van der Waals surface area contributed by atoms with Crippen molar-refractivity contribution >= 4 is 27.3 Å². The van der Waals surface area contributed by atoms with Crippen LogP contribution < -0.4 is 0 Å².